The summed E-state index contributed by atoms with van der Waals surface area (Å²) >= 11 is 0. The molecule has 0 aliphatic carbocycles. The van der Waals surface area contributed by atoms with Gasteiger partial charge in [-0.1, -0.05) is 6.92 Å². The number of nitrogens with zero attached hydrogens (tertiary/aromatic N) is 2. The molecule has 16 heavy (non-hydrogen) atoms. The highest BCUT2D eigenvalue weighted by molar-refractivity contribution is 7.89. The molecule has 6 nitrogen and oxygen atoms in total. The van der Waals surface area contributed by atoms with Crippen LogP contribution in [0.2, 0.25) is 0 Å². The van der Waals surface area contributed by atoms with E-state index in [2.05, 4.69) is 9.71 Å². The maximum atomic E-state index is 11.8. The average molecular weight is 247 g/mol. The molecule has 92 valence electrons. The van der Waals surface area contributed by atoms with E-state index < -0.39 is 16.1 Å². The predicted octanol–water partition coefficient (Wildman–Crippen LogP) is -0.0478. The summed E-state index contributed by atoms with van der Waals surface area (Å²) in [5.41, 5.74) is 0. The Kier molecular flexibility index (Phi) is 4.45. The zero-order chi connectivity index (χ0) is 12.2. The van der Waals surface area contributed by atoms with Crippen LogP contribution in [-0.2, 0) is 16.6 Å². The molecule has 0 aliphatic rings. The summed E-state index contributed by atoms with van der Waals surface area (Å²) in [4.78, 5) is 3.81. The molecule has 0 radical (unpaired) electrons. The standard InChI is InChI=1S/C9H17N3O3S/c1-3-8(6-13)11-16(14,15)9-5-12(4-2)7-10-9/h5,7-8,11,13H,3-4,6H2,1-2H3. The van der Waals surface area contributed by atoms with Crippen LogP contribution >= 0.6 is 0 Å². The Bertz CT molecular complexity index is 423. The lowest BCUT2D eigenvalue weighted by molar-refractivity contribution is 0.253. The number of aliphatic hydroxyl groups excluding tert-OH is 1. The molecule has 0 aliphatic heterocycles. The predicted molar refractivity (Wildman–Crippen MR) is 59.4 cm³/mol. The number of aromatic nitrogens is 2. The number of aliphatic hydroxyl groups is 1. The van der Waals surface area contributed by atoms with Crippen LogP contribution in [0.15, 0.2) is 17.6 Å². The van der Waals surface area contributed by atoms with Crippen LogP contribution in [-0.4, -0.2) is 35.7 Å². The van der Waals surface area contributed by atoms with Crippen molar-refractivity contribution in [3.05, 3.63) is 12.5 Å². The van der Waals surface area contributed by atoms with Crippen LogP contribution in [0.4, 0.5) is 0 Å². The molecule has 0 saturated heterocycles. The lowest BCUT2D eigenvalue weighted by Crippen LogP contribution is -2.37. The monoisotopic (exact) mass is 247 g/mol. The molecular weight excluding hydrogens is 230 g/mol. The number of hydrogen-bond acceptors (Lipinski definition) is 4. The van der Waals surface area contributed by atoms with Crippen molar-refractivity contribution in [3.63, 3.8) is 0 Å². The Labute approximate surface area is 95.4 Å². The summed E-state index contributed by atoms with van der Waals surface area (Å²) in [5, 5.41) is 8.92. The number of sulfonamides is 1. The number of aryl methyl sites for hydroxylation is 1. The smallest absolute Gasteiger partial charge is 0.259 e. The summed E-state index contributed by atoms with van der Waals surface area (Å²) in [7, 11) is -3.61. The Morgan fingerprint density at radius 1 is 1.56 bits per heavy atom. The molecule has 7 heteroatoms. The fraction of sp³-hybridized carbons (Fsp3) is 0.667. The van der Waals surface area contributed by atoms with Gasteiger partial charge in [-0.25, -0.2) is 18.1 Å². The molecule has 2 N–H and O–H groups in total. The number of nitrogens with one attached hydrogen (secondary N) is 1. The van der Waals surface area contributed by atoms with Crippen LogP contribution in [0.25, 0.3) is 0 Å². The van der Waals surface area contributed by atoms with E-state index in [1.807, 2.05) is 6.92 Å². The van der Waals surface area contributed by atoms with Crippen molar-refractivity contribution >= 4 is 10.0 Å². The van der Waals surface area contributed by atoms with Crippen LogP contribution in [0.3, 0.4) is 0 Å². The fourth-order valence-electron chi connectivity index (χ4n) is 1.18. The normalized spacial score (nSPS) is 13.9. The van der Waals surface area contributed by atoms with Gasteiger partial charge in [-0.15, -0.1) is 0 Å². The summed E-state index contributed by atoms with van der Waals surface area (Å²) in [6.45, 7) is 4.14. The highest BCUT2D eigenvalue weighted by Crippen LogP contribution is 2.06. The van der Waals surface area contributed by atoms with Gasteiger partial charge >= 0.3 is 0 Å². The molecule has 0 bridgehead atoms. The second-order valence-electron chi connectivity index (χ2n) is 3.45. The molecule has 1 aromatic heterocycles. The van der Waals surface area contributed by atoms with Crippen molar-refractivity contribution in [3.8, 4) is 0 Å². The highest BCUT2D eigenvalue weighted by atomic mass is 32.2. The zero-order valence-electron chi connectivity index (χ0n) is 9.42. The van der Waals surface area contributed by atoms with Crippen molar-refractivity contribution in [1.82, 2.24) is 14.3 Å². The molecule has 0 saturated carbocycles. The molecule has 0 fully saturated rings. The summed E-state index contributed by atoms with van der Waals surface area (Å²) in [5.74, 6) is 0. The topological polar surface area (TPSA) is 84.2 Å². The second kappa shape index (κ2) is 5.42. The SMILES string of the molecule is CCC(CO)NS(=O)(=O)c1cn(CC)cn1. The molecule has 0 amide bonds. The quantitative estimate of drug-likeness (QED) is 0.738. The molecule has 1 atom stereocenters. The van der Waals surface area contributed by atoms with Gasteiger partial charge in [0.25, 0.3) is 10.0 Å². The molecule has 1 heterocycles. The van der Waals surface area contributed by atoms with E-state index in [0.29, 0.717) is 13.0 Å². The van der Waals surface area contributed by atoms with Crippen molar-refractivity contribution in [1.29, 1.82) is 0 Å². The largest absolute Gasteiger partial charge is 0.395 e. The van der Waals surface area contributed by atoms with Gasteiger partial charge in [0.1, 0.15) is 0 Å². The van der Waals surface area contributed by atoms with Gasteiger partial charge < -0.3 is 9.67 Å². The van der Waals surface area contributed by atoms with Gasteiger partial charge in [0.05, 0.1) is 12.9 Å². The third-order valence-corrected chi connectivity index (χ3v) is 3.69. The van der Waals surface area contributed by atoms with E-state index in [4.69, 9.17) is 5.11 Å². The van der Waals surface area contributed by atoms with Gasteiger partial charge in [0, 0.05) is 18.8 Å². The van der Waals surface area contributed by atoms with Gasteiger partial charge in [0.2, 0.25) is 0 Å². The fourth-order valence-corrected chi connectivity index (χ4v) is 2.44. The van der Waals surface area contributed by atoms with E-state index in [0.717, 1.165) is 0 Å². The van der Waals surface area contributed by atoms with E-state index in [1.165, 1.54) is 12.5 Å². The van der Waals surface area contributed by atoms with Crippen LogP contribution < -0.4 is 4.72 Å². The first-order chi connectivity index (χ1) is 7.53. The summed E-state index contributed by atoms with van der Waals surface area (Å²) < 4.78 is 27.7. The van der Waals surface area contributed by atoms with Crippen LogP contribution in [0.5, 0.6) is 0 Å². The summed E-state index contributed by atoms with van der Waals surface area (Å²) in [6, 6.07) is -0.461. The van der Waals surface area contributed by atoms with Gasteiger partial charge in [0.15, 0.2) is 5.03 Å². The molecule has 1 rings (SSSR count). The number of hydrogen-bond donors (Lipinski definition) is 2. The van der Waals surface area contributed by atoms with Crippen molar-refractivity contribution in [2.24, 2.45) is 0 Å². The maximum absolute atomic E-state index is 11.8. The average Bonchev–Trinajstić information content (AvgIpc) is 2.75. The first-order valence-electron chi connectivity index (χ1n) is 5.18. The number of imidazole rings is 1. The lowest BCUT2D eigenvalue weighted by atomic mass is 10.3. The third kappa shape index (κ3) is 3.03. The highest BCUT2D eigenvalue weighted by Gasteiger charge is 2.20. The van der Waals surface area contributed by atoms with Crippen molar-refractivity contribution < 1.29 is 13.5 Å². The van der Waals surface area contributed by atoms with E-state index in [9.17, 15) is 8.42 Å². The van der Waals surface area contributed by atoms with E-state index in [-0.39, 0.29) is 11.6 Å². The first-order valence-corrected chi connectivity index (χ1v) is 6.66. The Morgan fingerprint density at radius 3 is 2.69 bits per heavy atom. The van der Waals surface area contributed by atoms with Gasteiger partial charge in [-0.05, 0) is 13.3 Å². The Hall–Kier alpha value is -0.920. The third-order valence-electron chi connectivity index (χ3n) is 2.29. The molecular formula is C9H17N3O3S. The Morgan fingerprint density at radius 2 is 2.25 bits per heavy atom. The van der Waals surface area contributed by atoms with Gasteiger partial charge in [-0.3, -0.25) is 0 Å². The molecule has 1 unspecified atom stereocenters. The molecule has 1 aromatic rings. The van der Waals surface area contributed by atoms with E-state index in [1.54, 1.807) is 11.5 Å². The van der Waals surface area contributed by atoms with Crippen LogP contribution in [0, 0.1) is 0 Å². The molecule has 0 aromatic carbocycles. The number of rotatable bonds is 6. The van der Waals surface area contributed by atoms with Crippen molar-refractivity contribution in [2.45, 2.75) is 37.9 Å². The molecule has 0 spiro atoms. The van der Waals surface area contributed by atoms with Gasteiger partial charge in [-0.2, -0.15) is 0 Å². The minimum atomic E-state index is -3.61. The summed E-state index contributed by atoms with van der Waals surface area (Å²) in [6.07, 6.45) is 3.46. The zero-order valence-corrected chi connectivity index (χ0v) is 10.2. The minimum Gasteiger partial charge on any atom is -0.395 e. The Balaban J connectivity index is 2.85. The van der Waals surface area contributed by atoms with Crippen LogP contribution in [0.1, 0.15) is 20.3 Å². The second-order valence-corrected chi connectivity index (χ2v) is 5.11. The van der Waals surface area contributed by atoms with Crippen molar-refractivity contribution in [2.75, 3.05) is 6.61 Å². The van der Waals surface area contributed by atoms with E-state index >= 15 is 0 Å². The first kappa shape index (κ1) is 13.1. The minimum absolute atomic E-state index is 0.0127. The lowest BCUT2D eigenvalue weighted by Gasteiger charge is -2.12. The maximum Gasteiger partial charge on any atom is 0.259 e.